The van der Waals surface area contributed by atoms with Gasteiger partial charge < -0.3 is 15.3 Å². The Labute approximate surface area is 120 Å². The van der Waals surface area contributed by atoms with Crippen molar-refractivity contribution in [2.45, 2.75) is 69.9 Å². The Balaban J connectivity index is 2.06. The number of rotatable bonds is 5. The van der Waals surface area contributed by atoms with Crippen LogP contribution in [0, 0.1) is 0 Å². The van der Waals surface area contributed by atoms with Crippen LogP contribution in [0.4, 0.5) is 0 Å². The number of amides is 1. The minimum absolute atomic E-state index is 0.109. The normalized spacial score (nSPS) is 30.4. The molecular weight excluding hydrogens is 256 g/mol. The highest BCUT2D eigenvalue weighted by molar-refractivity contribution is 5.87. The van der Waals surface area contributed by atoms with Crippen molar-refractivity contribution < 1.29 is 14.7 Å². The molecule has 2 heterocycles. The van der Waals surface area contributed by atoms with Crippen LogP contribution in [-0.4, -0.2) is 46.6 Å². The second kappa shape index (κ2) is 6.57. The van der Waals surface area contributed by atoms with Gasteiger partial charge in [-0.05, 0) is 51.5 Å². The molecule has 0 aliphatic carbocycles. The Kier molecular flexibility index (Phi) is 5.02. The number of hydrogen-bond donors (Lipinski definition) is 2. The van der Waals surface area contributed by atoms with Crippen LogP contribution in [0.3, 0.4) is 0 Å². The van der Waals surface area contributed by atoms with Crippen molar-refractivity contribution in [1.29, 1.82) is 0 Å². The number of nitrogens with zero attached hydrogens (tertiary/aromatic N) is 1. The molecule has 0 aromatic heterocycles. The van der Waals surface area contributed by atoms with Crippen LogP contribution in [0.15, 0.2) is 0 Å². The Morgan fingerprint density at radius 3 is 2.75 bits per heavy atom. The summed E-state index contributed by atoms with van der Waals surface area (Å²) < 4.78 is 0. The lowest BCUT2D eigenvalue weighted by Crippen LogP contribution is -2.58. The van der Waals surface area contributed by atoms with Gasteiger partial charge in [-0.2, -0.15) is 0 Å². The summed E-state index contributed by atoms with van der Waals surface area (Å²) in [4.78, 5) is 25.7. The zero-order valence-electron chi connectivity index (χ0n) is 12.4. The second-order valence-corrected chi connectivity index (χ2v) is 6.05. The molecule has 0 radical (unpaired) electrons. The van der Waals surface area contributed by atoms with Crippen molar-refractivity contribution in [2.75, 3.05) is 13.1 Å². The van der Waals surface area contributed by atoms with Gasteiger partial charge in [0.1, 0.15) is 0 Å². The number of hydrogen-bond acceptors (Lipinski definition) is 3. The molecule has 20 heavy (non-hydrogen) atoms. The van der Waals surface area contributed by atoms with Gasteiger partial charge in [0.05, 0.1) is 5.54 Å². The van der Waals surface area contributed by atoms with Crippen LogP contribution in [-0.2, 0) is 9.59 Å². The van der Waals surface area contributed by atoms with Gasteiger partial charge in [-0.1, -0.05) is 6.92 Å². The molecule has 1 amide bonds. The fourth-order valence-corrected chi connectivity index (χ4v) is 3.57. The van der Waals surface area contributed by atoms with Crippen molar-refractivity contribution in [3.05, 3.63) is 0 Å². The predicted molar refractivity (Wildman–Crippen MR) is 76.5 cm³/mol. The first-order valence-corrected chi connectivity index (χ1v) is 7.87. The SMILES string of the molecule is CCC1(C(=O)N2CCCCC2CCC(=O)O)CCCN1. The van der Waals surface area contributed by atoms with E-state index in [1.54, 1.807) is 0 Å². The quantitative estimate of drug-likeness (QED) is 0.806. The average molecular weight is 282 g/mol. The highest BCUT2D eigenvalue weighted by Gasteiger charge is 2.43. The molecule has 114 valence electrons. The largest absolute Gasteiger partial charge is 0.481 e. The molecule has 2 aliphatic rings. The summed E-state index contributed by atoms with van der Waals surface area (Å²) in [5.74, 6) is -0.570. The summed E-state index contributed by atoms with van der Waals surface area (Å²) in [6, 6.07) is 0.109. The number of carboxylic acids is 1. The van der Waals surface area contributed by atoms with Crippen LogP contribution >= 0.6 is 0 Å². The van der Waals surface area contributed by atoms with Crippen molar-refractivity contribution in [3.63, 3.8) is 0 Å². The lowest BCUT2D eigenvalue weighted by molar-refractivity contribution is -0.144. The molecule has 0 saturated carbocycles. The van der Waals surface area contributed by atoms with E-state index in [4.69, 9.17) is 5.11 Å². The summed E-state index contributed by atoms with van der Waals surface area (Å²) >= 11 is 0. The molecule has 2 saturated heterocycles. The second-order valence-electron chi connectivity index (χ2n) is 6.05. The topological polar surface area (TPSA) is 69.6 Å². The number of carbonyl (C=O) groups is 2. The first-order chi connectivity index (χ1) is 9.59. The molecule has 2 N–H and O–H groups in total. The van der Waals surface area contributed by atoms with Gasteiger partial charge in [-0.3, -0.25) is 9.59 Å². The van der Waals surface area contributed by atoms with E-state index in [-0.39, 0.29) is 18.4 Å². The summed E-state index contributed by atoms with van der Waals surface area (Å²) in [5, 5.41) is 12.3. The Bertz CT molecular complexity index is 364. The lowest BCUT2D eigenvalue weighted by Gasteiger charge is -2.41. The Morgan fingerprint density at radius 2 is 2.15 bits per heavy atom. The maximum Gasteiger partial charge on any atom is 0.303 e. The molecule has 0 bridgehead atoms. The Morgan fingerprint density at radius 1 is 1.35 bits per heavy atom. The highest BCUT2D eigenvalue weighted by atomic mass is 16.4. The molecule has 2 atom stereocenters. The number of aliphatic carboxylic acids is 1. The van der Waals surface area contributed by atoms with Crippen molar-refractivity contribution in [3.8, 4) is 0 Å². The van der Waals surface area contributed by atoms with Crippen molar-refractivity contribution >= 4 is 11.9 Å². The van der Waals surface area contributed by atoms with Gasteiger partial charge in [-0.15, -0.1) is 0 Å². The van der Waals surface area contributed by atoms with Gasteiger partial charge in [0.25, 0.3) is 0 Å². The number of carboxylic acid groups (broad SMARTS) is 1. The van der Waals surface area contributed by atoms with Gasteiger partial charge in [0.2, 0.25) is 5.91 Å². The van der Waals surface area contributed by atoms with Crippen LogP contribution in [0.5, 0.6) is 0 Å². The summed E-state index contributed by atoms with van der Waals surface area (Å²) in [5.41, 5.74) is -0.390. The predicted octanol–water partition coefficient (Wildman–Crippen LogP) is 1.76. The standard InChI is InChI=1S/C15H26N2O3/c1-2-15(9-5-10-16-15)14(20)17-11-4-3-6-12(17)7-8-13(18)19/h12,16H,2-11H2,1H3,(H,18,19). The lowest BCUT2D eigenvalue weighted by atomic mass is 9.89. The molecular formula is C15H26N2O3. The third-order valence-electron chi connectivity index (χ3n) is 4.84. The van der Waals surface area contributed by atoms with Crippen molar-refractivity contribution in [2.24, 2.45) is 0 Å². The van der Waals surface area contributed by atoms with E-state index in [2.05, 4.69) is 12.2 Å². The fraction of sp³-hybridized carbons (Fsp3) is 0.867. The third-order valence-corrected chi connectivity index (χ3v) is 4.84. The number of nitrogens with one attached hydrogen (secondary N) is 1. The molecule has 2 rings (SSSR count). The maximum atomic E-state index is 12.9. The monoisotopic (exact) mass is 282 g/mol. The number of carbonyl (C=O) groups excluding carboxylic acids is 1. The van der Waals surface area contributed by atoms with E-state index in [9.17, 15) is 9.59 Å². The van der Waals surface area contributed by atoms with Gasteiger partial charge in [0.15, 0.2) is 0 Å². The van der Waals surface area contributed by atoms with E-state index >= 15 is 0 Å². The molecule has 2 aliphatic heterocycles. The zero-order valence-corrected chi connectivity index (χ0v) is 12.4. The molecule has 2 unspecified atom stereocenters. The molecule has 0 aromatic rings. The van der Waals surface area contributed by atoms with Crippen LogP contribution in [0.2, 0.25) is 0 Å². The summed E-state index contributed by atoms with van der Waals surface area (Å²) in [6.07, 6.45) is 6.59. The van der Waals surface area contributed by atoms with Crippen molar-refractivity contribution in [1.82, 2.24) is 10.2 Å². The van der Waals surface area contributed by atoms with Gasteiger partial charge in [-0.25, -0.2) is 0 Å². The van der Waals surface area contributed by atoms with Crippen LogP contribution in [0.1, 0.15) is 58.3 Å². The van der Waals surface area contributed by atoms with Crippen LogP contribution in [0.25, 0.3) is 0 Å². The average Bonchev–Trinajstić information content (AvgIpc) is 2.94. The Hall–Kier alpha value is -1.10. The smallest absolute Gasteiger partial charge is 0.303 e. The molecule has 0 aromatic carbocycles. The molecule has 2 fully saturated rings. The third kappa shape index (κ3) is 3.14. The van der Waals surface area contributed by atoms with E-state index < -0.39 is 11.5 Å². The van der Waals surface area contributed by atoms with E-state index in [0.29, 0.717) is 6.42 Å². The summed E-state index contributed by atoms with van der Waals surface area (Å²) in [7, 11) is 0. The molecule has 5 heteroatoms. The maximum absolute atomic E-state index is 12.9. The minimum Gasteiger partial charge on any atom is -0.481 e. The molecule has 5 nitrogen and oxygen atoms in total. The highest BCUT2D eigenvalue weighted by Crippen LogP contribution is 2.30. The molecule has 0 spiro atoms. The first kappa shape index (κ1) is 15.3. The minimum atomic E-state index is -0.771. The van der Waals surface area contributed by atoms with Crippen LogP contribution < -0.4 is 5.32 Å². The summed E-state index contributed by atoms with van der Waals surface area (Å²) in [6.45, 7) is 3.76. The van der Waals surface area contributed by atoms with E-state index in [1.165, 1.54) is 0 Å². The fourth-order valence-electron chi connectivity index (χ4n) is 3.57. The number of piperidine rings is 1. The van der Waals surface area contributed by atoms with E-state index in [1.807, 2.05) is 4.90 Å². The van der Waals surface area contributed by atoms with Gasteiger partial charge >= 0.3 is 5.97 Å². The van der Waals surface area contributed by atoms with E-state index in [0.717, 1.165) is 51.6 Å². The van der Waals surface area contributed by atoms with Gasteiger partial charge in [0, 0.05) is 19.0 Å². The zero-order chi connectivity index (χ0) is 14.6. The first-order valence-electron chi connectivity index (χ1n) is 7.87. The number of likely N-dealkylation sites (tertiary alicyclic amines) is 1.